The molecule has 0 unspecified atom stereocenters. The Morgan fingerprint density at radius 3 is 2.96 bits per heavy atom. The molecule has 1 fully saturated rings. The molecule has 2 aromatic rings. The second kappa shape index (κ2) is 9.59. The number of aromatic nitrogens is 4. The van der Waals surface area contributed by atoms with Crippen molar-refractivity contribution in [2.45, 2.75) is 19.1 Å². The summed E-state index contributed by atoms with van der Waals surface area (Å²) in [5.74, 6) is 0.0191. The van der Waals surface area contributed by atoms with Gasteiger partial charge < -0.3 is 20.4 Å². The third-order valence-electron chi connectivity index (χ3n) is 4.11. The van der Waals surface area contributed by atoms with Gasteiger partial charge in [0.15, 0.2) is 0 Å². The fraction of sp³-hybridized carbons (Fsp3) is 0.438. The number of hydrogen-bond donors (Lipinski definition) is 4. The molecule has 3 rings (SSSR count). The van der Waals surface area contributed by atoms with Crippen molar-refractivity contribution in [3.05, 3.63) is 29.8 Å². The molecule has 2 atom stereocenters. The lowest BCUT2D eigenvalue weighted by atomic mass is 9.94. The monoisotopic (exact) mass is 362 g/mol. The Labute approximate surface area is 150 Å². The Morgan fingerprint density at radius 1 is 1.50 bits per heavy atom. The van der Waals surface area contributed by atoms with Crippen LogP contribution in [0, 0.1) is 5.92 Å². The van der Waals surface area contributed by atoms with E-state index in [1.807, 2.05) is 31.3 Å². The zero-order chi connectivity index (χ0) is 18.9. The largest absolute Gasteiger partial charge is 0.483 e. The van der Waals surface area contributed by atoms with E-state index in [0.29, 0.717) is 25.3 Å². The van der Waals surface area contributed by atoms with Crippen molar-refractivity contribution in [1.29, 1.82) is 0 Å². The van der Waals surface area contributed by atoms with Crippen LogP contribution in [0.4, 0.5) is 0 Å². The van der Waals surface area contributed by atoms with Crippen molar-refractivity contribution >= 4 is 12.4 Å². The number of likely N-dealkylation sites (tertiary alicyclic amines) is 1. The van der Waals surface area contributed by atoms with Gasteiger partial charge in [-0.2, -0.15) is 5.21 Å². The maximum atomic E-state index is 12.3. The van der Waals surface area contributed by atoms with Gasteiger partial charge in [-0.25, -0.2) is 0 Å². The van der Waals surface area contributed by atoms with Crippen LogP contribution in [-0.4, -0.2) is 74.4 Å². The molecule has 1 saturated heterocycles. The summed E-state index contributed by atoms with van der Waals surface area (Å²) < 4.78 is 0. The average Bonchev–Trinajstić information content (AvgIpc) is 3.17. The molecule has 2 heterocycles. The molecule has 10 heteroatoms. The van der Waals surface area contributed by atoms with Crippen LogP contribution < -0.4 is 5.32 Å². The molecule has 1 aliphatic rings. The summed E-state index contributed by atoms with van der Waals surface area (Å²) in [6, 6.07) is 7.61. The van der Waals surface area contributed by atoms with E-state index in [0.717, 1.165) is 17.7 Å². The first kappa shape index (κ1) is 19.5. The minimum atomic E-state index is -0.572. The van der Waals surface area contributed by atoms with Crippen molar-refractivity contribution in [3.8, 4) is 11.4 Å². The zero-order valence-corrected chi connectivity index (χ0v) is 14.4. The third-order valence-corrected chi connectivity index (χ3v) is 4.11. The van der Waals surface area contributed by atoms with E-state index in [-0.39, 0.29) is 18.3 Å². The molecule has 0 aliphatic carbocycles. The van der Waals surface area contributed by atoms with E-state index in [1.54, 1.807) is 0 Å². The minimum absolute atomic E-state index is 0.117. The smallest absolute Gasteiger partial charge is 0.290 e. The van der Waals surface area contributed by atoms with Crippen LogP contribution in [0.3, 0.4) is 0 Å². The second-order valence-electron chi connectivity index (χ2n) is 5.98. The lowest BCUT2D eigenvalue weighted by Crippen LogP contribution is -2.48. The van der Waals surface area contributed by atoms with Gasteiger partial charge in [0, 0.05) is 25.2 Å². The van der Waals surface area contributed by atoms with E-state index in [1.165, 1.54) is 0 Å². The number of carbonyl (C=O) groups is 2. The number of carbonyl (C=O) groups excluding carboxylic acids is 1. The molecule has 10 nitrogen and oxygen atoms in total. The van der Waals surface area contributed by atoms with Crippen LogP contribution in [0.25, 0.3) is 11.4 Å². The maximum absolute atomic E-state index is 12.3. The van der Waals surface area contributed by atoms with Crippen LogP contribution in [-0.2, 0) is 16.1 Å². The van der Waals surface area contributed by atoms with Gasteiger partial charge in [-0.15, -0.1) is 10.2 Å². The fourth-order valence-corrected chi connectivity index (χ4v) is 2.78. The van der Waals surface area contributed by atoms with E-state index in [4.69, 9.17) is 9.90 Å². The zero-order valence-electron chi connectivity index (χ0n) is 14.4. The summed E-state index contributed by atoms with van der Waals surface area (Å²) in [6.45, 7) is 1.55. The number of benzene rings is 1. The molecule has 0 bridgehead atoms. The molecule has 0 spiro atoms. The van der Waals surface area contributed by atoms with Gasteiger partial charge in [0.1, 0.15) is 0 Å². The van der Waals surface area contributed by atoms with Gasteiger partial charge in [0.2, 0.25) is 11.7 Å². The minimum Gasteiger partial charge on any atom is -0.483 e. The SMILES string of the molecule is CN1CC[C@@H](O)[C@H](C(=O)NCc2cccc(-c3nn[nH]n3)c2)C1.O=CO. The standard InChI is InChI=1S/C15H20N6O2.CH2O2/c1-21-6-5-13(22)12(9-21)15(23)16-8-10-3-2-4-11(7-10)14-17-19-20-18-14;2-1-3/h2-4,7,12-13,22H,5-6,8-9H2,1H3,(H,16,23)(H,17,18,19,20);1H,(H,2,3)/t12-,13-;/m1./s1. The molecule has 1 aliphatic heterocycles. The Balaban J connectivity index is 0.000000758. The number of piperidine rings is 1. The number of nitrogens with one attached hydrogen (secondary N) is 2. The Morgan fingerprint density at radius 2 is 2.27 bits per heavy atom. The van der Waals surface area contributed by atoms with Crippen LogP contribution >= 0.6 is 0 Å². The van der Waals surface area contributed by atoms with Gasteiger partial charge in [0.05, 0.1) is 12.0 Å². The molecule has 1 aromatic heterocycles. The summed E-state index contributed by atoms with van der Waals surface area (Å²) >= 11 is 0. The molecule has 140 valence electrons. The van der Waals surface area contributed by atoms with Crippen molar-refractivity contribution in [1.82, 2.24) is 30.8 Å². The molecular formula is C16H22N6O4. The summed E-state index contributed by atoms with van der Waals surface area (Å²) in [4.78, 5) is 22.7. The molecular weight excluding hydrogens is 340 g/mol. The number of H-pyrrole nitrogens is 1. The van der Waals surface area contributed by atoms with Gasteiger partial charge in [-0.05, 0) is 30.3 Å². The van der Waals surface area contributed by atoms with Crippen LogP contribution in [0.15, 0.2) is 24.3 Å². The summed E-state index contributed by atoms with van der Waals surface area (Å²) in [7, 11) is 1.96. The first-order valence-electron chi connectivity index (χ1n) is 8.10. The highest BCUT2D eigenvalue weighted by Gasteiger charge is 2.31. The molecule has 4 N–H and O–H groups in total. The summed E-state index contributed by atoms with van der Waals surface area (Å²) in [5, 5.41) is 33.6. The predicted octanol–water partition coefficient (Wildman–Crippen LogP) is -0.504. The molecule has 26 heavy (non-hydrogen) atoms. The van der Waals surface area contributed by atoms with E-state index in [9.17, 15) is 9.90 Å². The van der Waals surface area contributed by atoms with Crippen LogP contribution in [0.2, 0.25) is 0 Å². The molecule has 0 radical (unpaired) electrons. The number of rotatable bonds is 4. The normalized spacial score (nSPS) is 19.9. The van der Waals surface area contributed by atoms with Crippen molar-refractivity contribution in [2.24, 2.45) is 5.92 Å². The molecule has 0 saturated carbocycles. The second-order valence-corrected chi connectivity index (χ2v) is 5.98. The Hall–Kier alpha value is -2.85. The first-order chi connectivity index (χ1) is 12.5. The number of hydrogen-bond acceptors (Lipinski definition) is 7. The third kappa shape index (κ3) is 5.33. The fourth-order valence-electron chi connectivity index (χ4n) is 2.78. The summed E-state index contributed by atoms with van der Waals surface area (Å²) in [6.07, 6.45) is 0.0545. The van der Waals surface area contributed by atoms with E-state index >= 15 is 0 Å². The topological polar surface area (TPSA) is 144 Å². The Kier molecular flexibility index (Phi) is 7.18. The van der Waals surface area contributed by atoms with Crippen LogP contribution in [0.5, 0.6) is 0 Å². The van der Waals surface area contributed by atoms with Gasteiger partial charge in [-0.3, -0.25) is 9.59 Å². The molecule has 1 aromatic carbocycles. The van der Waals surface area contributed by atoms with E-state index < -0.39 is 6.10 Å². The van der Waals surface area contributed by atoms with Gasteiger partial charge in [0.25, 0.3) is 6.47 Å². The average molecular weight is 362 g/mol. The predicted molar refractivity (Wildman–Crippen MR) is 91.8 cm³/mol. The maximum Gasteiger partial charge on any atom is 0.290 e. The van der Waals surface area contributed by atoms with Crippen LogP contribution in [0.1, 0.15) is 12.0 Å². The number of tetrazole rings is 1. The number of aromatic amines is 1. The number of nitrogens with zero attached hydrogens (tertiary/aromatic N) is 4. The highest BCUT2D eigenvalue weighted by molar-refractivity contribution is 5.79. The van der Waals surface area contributed by atoms with Gasteiger partial charge in [-0.1, -0.05) is 18.2 Å². The van der Waals surface area contributed by atoms with E-state index in [2.05, 4.69) is 30.8 Å². The quantitative estimate of drug-likeness (QED) is 0.533. The van der Waals surface area contributed by atoms with Crippen molar-refractivity contribution in [2.75, 3.05) is 20.1 Å². The highest BCUT2D eigenvalue weighted by atomic mass is 16.3. The van der Waals surface area contributed by atoms with Crippen molar-refractivity contribution in [3.63, 3.8) is 0 Å². The Bertz CT molecular complexity index is 709. The number of carboxylic acid groups (broad SMARTS) is 1. The van der Waals surface area contributed by atoms with Gasteiger partial charge >= 0.3 is 0 Å². The lowest BCUT2D eigenvalue weighted by Gasteiger charge is -2.32. The molecule has 1 amide bonds. The number of aliphatic hydroxyl groups excluding tert-OH is 1. The highest BCUT2D eigenvalue weighted by Crippen LogP contribution is 2.17. The lowest BCUT2D eigenvalue weighted by molar-refractivity contribution is -0.131. The summed E-state index contributed by atoms with van der Waals surface area (Å²) in [5.41, 5.74) is 1.78. The number of aliphatic hydroxyl groups is 1. The van der Waals surface area contributed by atoms with Crippen molar-refractivity contribution < 1.29 is 19.8 Å². The first-order valence-corrected chi connectivity index (χ1v) is 8.10. The number of amides is 1.